The predicted molar refractivity (Wildman–Crippen MR) is 170 cm³/mol. The Hall–Kier alpha value is -3.10. The average molecular weight is 582 g/mol. The van der Waals surface area contributed by atoms with Gasteiger partial charge in [-0.3, -0.25) is 4.79 Å². The number of fused-ring (bicyclic) bond motifs is 2. The third-order valence-corrected chi connectivity index (χ3v) is 7.81. The first kappa shape index (κ1) is 32.4. The van der Waals surface area contributed by atoms with Gasteiger partial charge in [-0.15, -0.1) is 12.4 Å². The minimum absolute atomic E-state index is 0. The number of hydrogen-bond donors (Lipinski definition) is 1. The molecule has 2 heterocycles. The van der Waals surface area contributed by atoms with Crippen molar-refractivity contribution in [1.82, 2.24) is 14.4 Å². The first-order valence-electron chi connectivity index (χ1n) is 14.2. The van der Waals surface area contributed by atoms with Crippen LogP contribution in [0.5, 0.6) is 5.75 Å². The second-order valence-electron chi connectivity index (χ2n) is 11.6. The number of aliphatic hydroxyl groups excluding tert-OH is 1. The molecular weight excluding hydrogens is 538 g/mol. The summed E-state index contributed by atoms with van der Waals surface area (Å²) in [7, 11) is 3.55. The number of amides is 1. The van der Waals surface area contributed by atoms with E-state index in [1.807, 2.05) is 24.3 Å². The van der Waals surface area contributed by atoms with Crippen LogP contribution in [0.4, 0.5) is 0 Å². The lowest BCUT2D eigenvalue weighted by atomic mass is 9.88. The molecular formula is C33H44ClN3O4. The monoisotopic (exact) mass is 581 g/mol. The SMILES string of the molecule is CC(C)Cn1c(C(=O)N(C)C)cc2c(OC[C@@H](O)CN3CCC(c4ccc5ccccc5c4)CC3)cccc21.Cl.O. The Morgan fingerprint density at radius 1 is 0.976 bits per heavy atom. The molecule has 4 aromatic rings. The number of aliphatic hydroxyl groups is 1. The molecule has 8 heteroatoms. The van der Waals surface area contributed by atoms with E-state index in [4.69, 9.17) is 4.74 Å². The van der Waals surface area contributed by atoms with Crippen molar-refractivity contribution in [3.63, 3.8) is 0 Å². The fourth-order valence-corrected chi connectivity index (χ4v) is 5.80. The first-order chi connectivity index (χ1) is 18.8. The van der Waals surface area contributed by atoms with E-state index >= 15 is 0 Å². The van der Waals surface area contributed by atoms with E-state index in [1.165, 1.54) is 16.3 Å². The molecule has 0 spiro atoms. The minimum Gasteiger partial charge on any atom is -0.490 e. The van der Waals surface area contributed by atoms with Crippen LogP contribution in [0.3, 0.4) is 0 Å². The summed E-state index contributed by atoms with van der Waals surface area (Å²) >= 11 is 0. The van der Waals surface area contributed by atoms with Crippen LogP contribution < -0.4 is 4.74 Å². The molecule has 5 rings (SSSR count). The summed E-state index contributed by atoms with van der Waals surface area (Å²) in [6, 6.07) is 23.2. The number of carbonyl (C=O) groups is 1. The number of ether oxygens (including phenoxy) is 1. The maximum atomic E-state index is 12.9. The van der Waals surface area contributed by atoms with Gasteiger partial charge in [-0.1, -0.05) is 62.4 Å². The van der Waals surface area contributed by atoms with Crippen LogP contribution in [-0.4, -0.2) is 77.3 Å². The topological polar surface area (TPSA) is 89.4 Å². The maximum absolute atomic E-state index is 12.9. The van der Waals surface area contributed by atoms with Crippen molar-refractivity contribution in [3.8, 4) is 5.75 Å². The van der Waals surface area contributed by atoms with Crippen molar-refractivity contribution in [1.29, 1.82) is 0 Å². The van der Waals surface area contributed by atoms with Gasteiger partial charge in [-0.05, 0) is 72.3 Å². The van der Waals surface area contributed by atoms with E-state index in [0.29, 0.717) is 29.8 Å². The molecule has 1 saturated heterocycles. The molecule has 1 amide bonds. The molecule has 0 aliphatic carbocycles. The molecule has 1 aliphatic rings. The smallest absolute Gasteiger partial charge is 0.269 e. The second-order valence-corrected chi connectivity index (χ2v) is 11.6. The third-order valence-electron chi connectivity index (χ3n) is 7.81. The van der Waals surface area contributed by atoms with E-state index < -0.39 is 6.10 Å². The van der Waals surface area contributed by atoms with Crippen molar-refractivity contribution < 1.29 is 20.1 Å². The summed E-state index contributed by atoms with van der Waals surface area (Å²) in [6.45, 7) is 7.80. The Kier molecular flexibility index (Phi) is 11.2. The highest BCUT2D eigenvalue weighted by Gasteiger charge is 2.24. The molecule has 1 aliphatic heterocycles. The fraction of sp³-hybridized carbons (Fsp3) is 0.424. The van der Waals surface area contributed by atoms with Crippen LogP contribution in [0.25, 0.3) is 21.7 Å². The van der Waals surface area contributed by atoms with E-state index in [-0.39, 0.29) is 30.4 Å². The Morgan fingerprint density at radius 3 is 2.37 bits per heavy atom. The van der Waals surface area contributed by atoms with Gasteiger partial charge in [0.25, 0.3) is 5.91 Å². The van der Waals surface area contributed by atoms with Gasteiger partial charge in [0.05, 0.1) is 5.52 Å². The molecule has 222 valence electrons. The summed E-state index contributed by atoms with van der Waals surface area (Å²) in [5.41, 5.74) is 3.06. The predicted octanol–water partition coefficient (Wildman–Crippen LogP) is 5.37. The molecule has 0 unspecified atom stereocenters. The number of piperidine rings is 1. The van der Waals surface area contributed by atoms with Gasteiger partial charge in [-0.2, -0.15) is 0 Å². The number of hydrogen-bond acceptors (Lipinski definition) is 4. The minimum atomic E-state index is -0.585. The van der Waals surface area contributed by atoms with Crippen molar-refractivity contribution in [2.45, 2.75) is 45.3 Å². The number of nitrogens with zero attached hydrogens (tertiary/aromatic N) is 3. The summed E-state index contributed by atoms with van der Waals surface area (Å²) in [6.07, 6.45) is 1.60. The molecule has 0 radical (unpaired) electrons. The Labute approximate surface area is 249 Å². The highest BCUT2D eigenvalue weighted by molar-refractivity contribution is 6.00. The summed E-state index contributed by atoms with van der Waals surface area (Å²) in [5, 5.41) is 14.3. The van der Waals surface area contributed by atoms with Gasteiger partial charge < -0.3 is 29.7 Å². The lowest BCUT2D eigenvalue weighted by Gasteiger charge is -2.33. The Balaban J connectivity index is 0.00000231. The van der Waals surface area contributed by atoms with E-state index in [9.17, 15) is 9.90 Å². The molecule has 7 nitrogen and oxygen atoms in total. The number of likely N-dealkylation sites (tertiary alicyclic amines) is 1. The van der Waals surface area contributed by atoms with Crippen molar-refractivity contribution >= 4 is 40.0 Å². The summed E-state index contributed by atoms with van der Waals surface area (Å²) in [4.78, 5) is 16.9. The number of carbonyl (C=O) groups excluding carboxylic acids is 1. The molecule has 1 atom stereocenters. The zero-order valence-electron chi connectivity index (χ0n) is 24.5. The van der Waals surface area contributed by atoms with Crippen molar-refractivity contribution in [2.24, 2.45) is 5.92 Å². The van der Waals surface area contributed by atoms with E-state index in [1.54, 1.807) is 19.0 Å². The number of halogens is 1. The van der Waals surface area contributed by atoms with Gasteiger partial charge in [0.1, 0.15) is 24.2 Å². The normalized spacial score (nSPS) is 15.0. The second kappa shape index (κ2) is 14.2. The zero-order chi connectivity index (χ0) is 27.5. The highest BCUT2D eigenvalue weighted by Crippen LogP contribution is 2.32. The fourth-order valence-electron chi connectivity index (χ4n) is 5.80. The van der Waals surface area contributed by atoms with E-state index in [2.05, 4.69) is 65.8 Å². The van der Waals surface area contributed by atoms with Gasteiger partial charge in [0.15, 0.2) is 0 Å². The molecule has 1 fully saturated rings. The quantitative estimate of drug-likeness (QED) is 0.288. The maximum Gasteiger partial charge on any atom is 0.269 e. The third kappa shape index (κ3) is 7.41. The van der Waals surface area contributed by atoms with Crippen molar-refractivity contribution in [3.05, 3.63) is 78.0 Å². The van der Waals surface area contributed by atoms with E-state index in [0.717, 1.165) is 43.4 Å². The van der Waals surface area contributed by atoms with Gasteiger partial charge in [0, 0.05) is 32.6 Å². The lowest BCUT2D eigenvalue weighted by Crippen LogP contribution is -2.40. The highest BCUT2D eigenvalue weighted by atomic mass is 35.5. The number of rotatable bonds is 9. The lowest BCUT2D eigenvalue weighted by molar-refractivity contribution is 0.0599. The zero-order valence-corrected chi connectivity index (χ0v) is 25.4. The first-order valence-corrected chi connectivity index (χ1v) is 14.2. The van der Waals surface area contributed by atoms with Crippen LogP contribution in [0.1, 0.15) is 48.7 Å². The molecule has 3 N–H and O–H groups in total. The molecule has 41 heavy (non-hydrogen) atoms. The van der Waals surface area contributed by atoms with Gasteiger partial charge >= 0.3 is 0 Å². The molecule has 1 aromatic heterocycles. The van der Waals surface area contributed by atoms with Crippen LogP contribution in [-0.2, 0) is 6.54 Å². The number of benzene rings is 3. The Bertz CT molecular complexity index is 1440. The standard InChI is InChI=1S/C33H41N3O3.ClH.H2O/c1-23(2)20-36-30-10-7-11-32(29(30)19-31(36)33(38)34(3)4)39-22-28(37)21-35-16-14-25(15-17-35)27-13-12-24-8-5-6-9-26(24)18-27;;/h5-13,18-19,23,25,28,37H,14-17,20-22H2,1-4H3;1H;1H2/t28-;;/m0../s1. The number of β-amino-alcohol motifs (C(OH)–C–C–N with tert-alkyl or cyclic N) is 1. The van der Waals surface area contributed by atoms with Gasteiger partial charge in [-0.25, -0.2) is 0 Å². The molecule has 0 bridgehead atoms. The van der Waals surface area contributed by atoms with Crippen LogP contribution in [0, 0.1) is 5.92 Å². The Morgan fingerprint density at radius 2 is 1.68 bits per heavy atom. The average Bonchev–Trinajstić information content (AvgIpc) is 3.29. The number of aromatic nitrogens is 1. The molecule has 3 aromatic carbocycles. The van der Waals surface area contributed by atoms with Crippen LogP contribution in [0.15, 0.2) is 66.7 Å². The van der Waals surface area contributed by atoms with Crippen LogP contribution >= 0.6 is 12.4 Å². The largest absolute Gasteiger partial charge is 0.490 e. The van der Waals surface area contributed by atoms with Gasteiger partial charge in [0.2, 0.25) is 0 Å². The summed E-state index contributed by atoms with van der Waals surface area (Å²) < 4.78 is 8.24. The summed E-state index contributed by atoms with van der Waals surface area (Å²) in [5.74, 6) is 1.64. The van der Waals surface area contributed by atoms with Crippen molar-refractivity contribution in [2.75, 3.05) is 40.3 Å². The van der Waals surface area contributed by atoms with Crippen LogP contribution in [0.2, 0.25) is 0 Å². The molecule has 0 saturated carbocycles.